The van der Waals surface area contributed by atoms with Gasteiger partial charge in [0.1, 0.15) is 0 Å². The van der Waals surface area contributed by atoms with E-state index in [9.17, 15) is 0 Å². The van der Waals surface area contributed by atoms with Gasteiger partial charge in [-0.05, 0) is 87.0 Å². The van der Waals surface area contributed by atoms with Gasteiger partial charge in [0.15, 0.2) is 0 Å². The molecular formula is C48H36N2. The van der Waals surface area contributed by atoms with Gasteiger partial charge in [0, 0.05) is 43.7 Å². The first-order valence-electron chi connectivity index (χ1n) is 17.8. The lowest BCUT2D eigenvalue weighted by molar-refractivity contribution is 0.660. The standard InChI is InChI=1S/C48H36N2/c1-47(2)38-17-9-5-13-31(38)33-23-21-29(27-40(33)47)49-43-20-12-8-16-37(43)45-44(49)26-25-36-35-15-7-11-19-42(35)50(46(36)45)30-22-24-34-32-14-6-10-18-39(32)48(3,4)41(34)28-30/h5-28H,1-4H3. The molecule has 0 atom stereocenters. The van der Waals surface area contributed by atoms with Crippen molar-refractivity contribution in [1.82, 2.24) is 9.13 Å². The summed E-state index contributed by atoms with van der Waals surface area (Å²) in [7, 11) is 0. The summed E-state index contributed by atoms with van der Waals surface area (Å²) in [4.78, 5) is 0. The molecule has 11 rings (SSSR count). The Labute approximate surface area is 291 Å². The van der Waals surface area contributed by atoms with Crippen LogP contribution in [0.15, 0.2) is 146 Å². The number of fused-ring (bicyclic) bond motifs is 13. The van der Waals surface area contributed by atoms with Crippen molar-refractivity contribution >= 4 is 43.6 Å². The minimum absolute atomic E-state index is 0.0681. The fraction of sp³-hybridized carbons (Fsp3) is 0.125. The van der Waals surface area contributed by atoms with E-state index in [1.165, 1.54) is 99.5 Å². The number of para-hydroxylation sites is 2. The third kappa shape index (κ3) is 3.39. The molecule has 0 aliphatic heterocycles. The summed E-state index contributed by atoms with van der Waals surface area (Å²) in [6.45, 7) is 9.47. The largest absolute Gasteiger partial charge is 0.309 e. The summed E-state index contributed by atoms with van der Waals surface area (Å²) in [6, 6.07) is 54.7. The zero-order valence-corrected chi connectivity index (χ0v) is 28.8. The fourth-order valence-corrected chi connectivity index (χ4v) is 9.72. The number of aromatic nitrogens is 2. The van der Waals surface area contributed by atoms with E-state index in [0.717, 1.165) is 0 Å². The third-order valence-electron chi connectivity index (χ3n) is 12.1. The van der Waals surface area contributed by atoms with Gasteiger partial charge in [0.25, 0.3) is 0 Å². The number of rotatable bonds is 2. The lowest BCUT2D eigenvalue weighted by Gasteiger charge is -2.22. The van der Waals surface area contributed by atoms with Crippen LogP contribution in [-0.4, -0.2) is 9.13 Å². The molecule has 0 N–H and O–H groups in total. The SMILES string of the molecule is CC1(C)c2ccccc2-c2ccc(-n3c4ccccc4c4c3ccc3c5ccccc5n(-c5ccc6c(c5)C(C)(C)c5ccccc5-6)c34)cc21. The molecule has 2 heteroatoms. The summed E-state index contributed by atoms with van der Waals surface area (Å²) >= 11 is 0. The van der Waals surface area contributed by atoms with Crippen LogP contribution in [0.1, 0.15) is 49.9 Å². The highest BCUT2D eigenvalue weighted by Crippen LogP contribution is 2.51. The molecule has 2 heterocycles. The summed E-state index contributed by atoms with van der Waals surface area (Å²) in [5.41, 5.74) is 18.2. The summed E-state index contributed by atoms with van der Waals surface area (Å²) in [6.07, 6.45) is 0. The molecule has 2 nitrogen and oxygen atoms in total. The zero-order valence-electron chi connectivity index (χ0n) is 28.8. The second kappa shape index (κ2) is 9.43. The van der Waals surface area contributed by atoms with Gasteiger partial charge in [0.05, 0.1) is 22.1 Å². The van der Waals surface area contributed by atoms with Crippen molar-refractivity contribution in [2.45, 2.75) is 38.5 Å². The average molecular weight is 641 g/mol. The molecule has 2 aromatic heterocycles. The van der Waals surface area contributed by atoms with Crippen LogP contribution < -0.4 is 0 Å². The molecule has 2 aliphatic carbocycles. The van der Waals surface area contributed by atoms with Crippen LogP contribution in [0.4, 0.5) is 0 Å². The Bertz CT molecular complexity index is 2930. The van der Waals surface area contributed by atoms with Crippen LogP contribution in [0.2, 0.25) is 0 Å². The van der Waals surface area contributed by atoms with Gasteiger partial charge in [-0.3, -0.25) is 0 Å². The highest BCUT2D eigenvalue weighted by atomic mass is 15.0. The molecule has 0 bridgehead atoms. The Kier molecular flexibility index (Phi) is 5.28. The Morgan fingerprint density at radius 1 is 0.360 bits per heavy atom. The van der Waals surface area contributed by atoms with Gasteiger partial charge in [-0.15, -0.1) is 0 Å². The molecule has 0 saturated heterocycles. The molecule has 2 aliphatic rings. The van der Waals surface area contributed by atoms with Crippen molar-refractivity contribution in [1.29, 1.82) is 0 Å². The van der Waals surface area contributed by atoms with E-state index < -0.39 is 0 Å². The monoisotopic (exact) mass is 640 g/mol. The zero-order chi connectivity index (χ0) is 33.5. The summed E-state index contributed by atoms with van der Waals surface area (Å²) in [5, 5.41) is 5.13. The molecule has 0 unspecified atom stereocenters. The van der Waals surface area contributed by atoms with Crippen molar-refractivity contribution in [2.75, 3.05) is 0 Å². The first kappa shape index (κ1) is 28.0. The smallest absolute Gasteiger partial charge is 0.0641 e. The number of benzene rings is 7. The Balaban J connectivity index is 1.22. The van der Waals surface area contributed by atoms with Crippen LogP contribution in [-0.2, 0) is 10.8 Å². The van der Waals surface area contributed by atoms with Gasteiger partial charge < -0.3 is 9.13 Å². The molecule has 50 heavy (non-hydrogen) atoms. The van der Waals surface area contributed by atoms with E-state index in [-0.39, 0.29) is 10.8 Å². The quantitative estimate of drug-likeness (QED) is 0.178. The summed E-state index contributed by atoms with van der Waals surface area (Å²) in [5.74, 6) is 0. The van der Waals surface area contributed by atoms with Crippen molar-refractivity contribution in [2.24, 2.45) is 0 Å². The van der Waals surface area contributed by atoms with Crippen LogP contribution in [0.25, 0.3) is 77.2 Å². The van der Waals surface area contributed by atoms with Crippen LogP contribution >= 0.6 is 0 Å². The molecule has 0 radical (unpaired) electrons. The number of nitrogens with zero attached hydrogens (tertiary/aromatic N) is 2. The Morgan fingerprint density at radius 2 is 0.840 bits per heavy atom. The minimum atomic E-state index is -0.0763. The van der Waals surface area contributed by atoms with E-state index in [1.54, 1.807) is 0 Å². The Morgan fingerprint density at radius 3 is 1.46 bits per heavy atom. The minimum Gasteiger partial charge on any atom is -0.309 e. The second-order valence-electron chi connectivity index (χ2n) is 15.4. The third-order valence-corrected chi connectivity index (χ3v) is 12.1. The van der Waals surface area contributed by atoms with Crippen LogP contribution in [0, 0.1) is 0 Å². The van der Waals surface area contributed by atoms with Crippen LogP contribution in [0.5, 0.6) is 0 Å². The van der Waals surface area contributed by atoms with E-state index in [2.05, 4.69) is 182 Å². The maximum Gasteiger partial charge on any atom is 0.0641 e. The average Bonchev–Trinajstić information content (AvgIpc) is 3.80. The lowest BCUT2D eigenvalue weighted by Crippen LogP contribution is -2.15. The van der Waals surface area contributed by atoms with Crippen molar-refractivity contribution in [3.8, 4) is 33.6 Å². The van der Waals surface area contributed by atoms with Crippen molar-refractivity contribution in [3.05, 3.63) is 168 Å². The van der Waals surface area contributed by atoms with E-state index in [4.69, 9.17) is 0 Å². The molecule has 0 saturated carbocycles. The maximum atomic E-state index is 2.53. The molecule has 7 aromatic carbocycles. The van der Waals surface area contributed by atoms with Gasteiger partial charge in [-0.2, -0.15) is 0 Å². The number of hydrogen-bond donors (Lipinski definition) is 0. The van der Waals surface area contributed by atoms with Crippen molar-refractivity contribution in [3.63, 3.8) is 0 Å². The van der Waals surface area contributed by atoms with Gasteiger partial charge >= 0.3 is 0 Å². The normalized spacial score (nSPS) is 15.1. The Hall–Kier alpha value is -5.86. The molecule has 9 aromatic rings. The fourth-order valence-electron chi connectivity index (χ4n) is 9.72. The van der Waals surface area contributed by atoms with Gasteiger partial charge in [0.2, 0.25) is 0 Å². The highest BCUT2D eigenvalue weighted by molar-refractivity contribution is 6.26. The first-order chi connectivity index (χ1) is 24.3. The molecule has 0 fully saturated rings. The predicted octanol–water partition coefficient (Wildman–Crippen LogP) is 12.5. The maximum absolute atomic E-state index is 2.53. The van der Waals surface area contributed by atoms with E-state index in [0.29, 0.717) is 0 Å². The van der Waals surface area contributed by atoms with Crippen molar-refractivity contribution < 1.29 is 0 Å². The molecule has 0 spiro atoms. The van der Waals surface area contributed by atoms with Gasteiger partial charge in [-0.1, -0.05) is 131 Å². The second-order valence-corrected chi connectivity index (χ2v) is 15.4. The highest BCUT2D eigenvalue weighted by Gasteiger charge is 2.37. The van der Waals surface area contributed by atoms with E-state index >= 15 is 0 Å². The lowest BCUT2D eigenvalue weighted by atomic mass is 9.82. The first-order valence-corrected chi connectivity index (χ1v) is 17.8. The number of hydrogen-bond acceptors (Lipinski definition) is 0. The summed E-state index contributed by atoms with van der Waals surface area (Å²) < 4.78 is 5.03. The molecular weight excluding hydrogens is 605 g/mol. The van der Waals surface area contributed by atoms with Gasteiger partial charge in [-0.25, -0.2) is 0 Å². The van der Waals surface area contributed by atoms with Crippen LogP contribution in [0.3, 0.4) is 0 Å². The molecule has 0 amide bonds. The molecule has 238 valence electrons. The predicted molar refractivity (Wildman–Crippen MR) is 210 cm³/mol. The van der Waals surface area contributed by atoms with E-state index in [1.807, 2.05) is 0 Å². The topological polar surface area (TPSA) is 9.86 Å².